The molecule has 0 saturated heterocycles. The van der Waals surface area contributed by atoms with Crippen molar-refractivity contribution >= 4 is 34.7 Å². The van der Waals surface area contributed by atoms with Crippen LogP contribution in [-0.2, 0) is 11.2 Å². The van der Waals surface area contributed by atoms with Gasteiger partial charge in [-0.2, -0.15) is 0 Å². The molecule has 0 aliphatic heterocycles. The summed E-state index contributed by atoms with van der Waals surface area (Å²) < 4.78 is 0. The molecule has 1 aromatic heterocycles. The van der Waals surface area contributed by atoms with Crippen molar-refractivity contribution in [2.75, 3.05) is 11.9 Å². The number of aryl methyl sites for hydroxylation is 1. The SMILES string of the molecule is CCCC(=O)c1cc(C(Nc2ccc(C(=O)NCCC(=O)O)cc2)C2CCCCC2)c(CC)s1. The minimum Gasteiger partial charge on any atom is -0.481 e. The van der Waals surface area contributed by atoms with Gasteiger partial charge in [-0.3, -0.25) is 14.4 Å². The minimum atomic E-state index is -0.937. The Morgan fingerprint density at radius 3 is 2.38 bits per heavy atom. The normalized spacial score (nSPS) is 15.0. The molecular formula is C27H36N2O4S. The Bertz CT molecular complexity index is 977. The van der Waals surface area contributed by atoms with Gasteiger partial charge in [0.2, 0.25) is 0 Å². The van der Waals surface area contributed by atoms with Crippen molar-refractivity contribution in [3.8, 4) is 0 Å². The molecule has 3 rings (SSSR count). The molecule has 0 radical (unpaired) electrons. The Morgan fingerprint density at radius 1 is 1.06 bits per heavy atom. The zero-order chi connectivity index (χ0) is 24.5. The number of rotatable bonds is 12. The molecule has 0 spiro atoms. The van der Waals surface area contributed by atoms with Gasteiger partial charge >= 0.3 is 5.97 Å². The highest BCUT2D eigenvalue weighted by Gasteiger charge is 2.29. The zero-order valence-electron chi connectivity index (χ0n) is 20.2. The molecule has 1 fully saturated rings. The summed E-state index contributed by atoms with van der Waals surface area (Å²) in [5.41, 5.74) is 2.68. The lowest BCUT2D eigenvalue weighted by Crippen LogP contribution is -2.26. The molecule has 1 atom stereocenters. The second-order valence-corrected chi connectivity index (χ2v) is 10.1. The van der Waals surface area contributed by atoms with E-state index in [0.29, 0.717) is 17.9 Å². The molecule has 1 unspecified atom stereocenters. The minimum absolute atomic E-state index is 0.0996. The summed E-state index contributed by atoms with van der Waals surface area (Å²) in [6.45, 7) is 4.30. The second kappa shape index (κ2) is 12.7. The van der Waals surface area contributed by atoms with Gasteiger partial charge in [0.15, 0.2) is 5.78 Å². The first-order valence-corrected chi connectivity index (χ1v) is 13.3. The molecule has 1 aliphatic rings. The summed E-state index contributed by atoms with van der Waals surface area (Å²) in [5, 5.41) is 15.1. The topological polar surface area (TPSA) is 95.5 Å². The number of nitrogens with one attached hydrogen (secondary N) is 2. The number of carbonyl (C=O) groups is 3. The number of amides is 1. The second-order valence-electron chi connectivity index (χ2n) is 9.01. The number of anilines is 1. The van der Waals surface area contributed by atoms with Gasteiger partial charge in [0.05, 0.1) is 17.3 Å². The molecule has 1 heterocycles. The third-order valence-corrected chi connectivity index (χ3v) is 7.80. The van der Waals surface area contributed by atoms with Gasteiger partial charge in [0.1, 0.15) is 0 Å². The van der Waals surface area contributed by atoms with Crippen LogP contribution in [-0.4, -0.2) is 29.3 Å². The van der Waals surface area contributed by atoms with Crippen molar-refractivity contribution in [2.24, 2.45) is 5.92 Å². The summed E-state index contributed by atoms with van der Waals surface area (Å²) in [6, 6.07) is 9.59. The van der Waals surface area contributed by atoms with E-state index >= 15 is 0 Å². The molecule has 7 heteroatoms. The summed E-state index contributed by atoms with van der Waals surface area (Å²) in [5.74, 6) is -0.481. The number of hydrogen-bond donors (Lipinski definition) is 3. The van der Waals surface area contributed by atoms with Crippen molar-refractivity contribution in [3.05, 3.63) is 51.2 Å². The Kier molecular flexibility index (Phi) is 9.69. The maximum absolute atomic E-state index is 12.6. The van der Waals surface area contributed by atoms with Crippen LogP contribution in [0, 0.1) is 5.92 Å². The summed E-state index contributed by atoms with van der Waals surface area (Å²) in [6.07, 6.45) is 8.31. The fourth-order valence-corrected chi connectivity index (χ4v) is 5.78. The van der Waals surface area contributed by atoms with Crippen LogP contribution in [0.25, 0.3) is 0 Å². The van der Waals surface area contributed by atoms with Crippen LogP contribution < -0.4 is 10.6 Å². The molecule has 1 amide bonds. The average molecular weight is 485 g/mol. The summed E-state index contributed by atoms with van der Waals surface area (Å²) >= 11 is 1.64. The number of carbonyl (C=O) groups excluding carboxylic acids is 2. The zero-order valence-corrected chi connectivity index (χ0v) is 21.0. The molecular weight excluding hydrogens is 448 g/mol. The van der Waals surface area contributed by atoms with Crippen LogP contribution in [0.5, 0.6) is 0 Å². The number of hydrogen-bond acceptors (Lipinski definition) is 5. The first kappa shape index (κ1) is 25.9. The Hall–Kier alpha value is -2.67. The number of aliphatic carboxylic acids is 1. The molecule has 1 aliphatic carbocycles. The molecule has 34 heavy (non-hydrogen) atoms. The number of thiophene rings is 1. The highest BCUT2D eigenvalue weighted by Crippen LogP contribution is 2.41. The van der Waals surface area contributed by atoms with Gasteiger partial charge in [0, 0.05) is 29.1 Å². The van der Waals surface area contributed by atoms with Crippen LogP contribution in [0.3, 0.4) is 0 Å². The molecule has 184 valence electrons. The van der Waals surface area contributed by atoms with E-state index in [1.807, 2.05) is 19.1 Å². The maximum atomic E-state index is 12.6. The first-order valence-electron chi connectivity index (χ1n) is 12.4. The lowest BCUT2D eigenvalue weighted by atomic mass is 9.80. The van der Waals surface area contributed by atoms with Gasteiger partial charge in [-0.1, -0.05) is 33.1 Å². The lowest BCUT2D eigenvalue weighted by Gasteiger charge is -2.32. The Morgan fingerprint density at radius 2 is 1.76 bits per heavy atom. The number of carboxylic acid groups (broad SMARTS) is 1. The average Bonchev–Trinajstić information content (AvgIpc) is 3.27. The van der Waals surface area contributed by atoms with Crippen LogP contribution in [0.15, 0.2) is 30.3 Å². The van der Waals surface area contributed by atoms with Crippen molar-refractivity contribution in [1.82, 2.24) is 5.32 Å². The Balaban J connectivity index is 1.80. The number of benzene rings is 1. The maximum Gasteiger partial charge on any atom is 0.305 e. The van der Waals surface area contributed by atoms with E-state index in [2.05, 4.69) is 23.6 Å². The van der Waals surface area contributed by atoms with Crippen molar-refractivity contribution < 1.29 is 19.5 Å². The van der Waals surface area contributed by atoms with E-state index in [4.69, 9.17) is 5.11 Å². The van der Waals surface area contributed by atoms with Crippen molar-refractivity contribution in [2.45, 2.75) is 77.7 Å². The first-order chi connectivity index (χ1) is 16.4. The van der Waals surface area contributed by atoms with E-state index in [1.54, 1.807) is 23.5 Å². The molecule has 1 aromatic carbocycles. The van der Waals surface area contributed by atoms with E-state index in [1.165, 1.54) is 42.5 Å². The predicted octanol–water partition coefficient (Wildman–Crippen LogP) is 6.23. The van der Waals surface area contributed by atoms with E-state index in [9.17, 15) is 14.4 Å². The van der Waals surface area contributed by atoms with Gasteiger partial charge in [-0.05, 0) is 67.5 Å². The van der Waals surface area contributed by atoms with Gasteiger partial charge in [-0.25, -0.2) is 0 Å². The van der Waals surface area contributed by atoms with Crippen LogP contribution in [0.4, 0.5) is 5.69 Å². The third-order valence-electron chi connectivity index (χ3n) is 6.46. The lowest BCUT2D eigenvalue weighted by molar-refractivity contribution is -0.136. The summed E-state index contributed by atoms with van der Waals surface area (Å²) in [7, 11) is 0. The smallest absolute Gasteiger partial charge is 0.305 e. The molecule has 1 saturated carbocycles. The molecule has 0 bridgehead atoms. The highest BCUT2D eigenvalue weighted by atomic mass is 32.1. The van der Waals surface area contributed by atoms with Crippen LogP contribution >= 0.6 is 11.3 Å². The standard InChI is InChI=1S/C27H36N2O4S/c1-3-8-22(30)24-17-21(23(4-2)34-24)26(18-9-6-5-7-10-18)29-20-13-11-19(12-14-20)27(33)28-16-15-25(31)32/h11-14,17-18,26,29H,3-10,15-16H2,1-2H3,(H,28,33)(H,31,32). The molecule has 3 N–H and O–H groups in total. The van der Waals surface area contributed by atoms with Crippen molar-refractivity contribution in [1.29, 1.82) is 0 Å². The van der Waals surface area contributed by atoms with E-state index < -0.39 is 5.97 Å². The number of Topliss-reactive ketones (excluding diaryl/α,β-unsaturated/α-hetero) is 1. The van der Waals surface area contributed by atoms with E-state index in [0.717, 1.165) is 23.4 Å². The Labute approximate surface area is 206 Å². The largest absolute Gasteiger partial charge is 0.481 e. The number of carboxylic acids is 1. The third kappa shape index (κ3) is 6.92. The van der Waals surface area contributed by atoms with Crippen molar-refractivity contribution in [3.63, 3.8) is 0 Å². The fraction of sp³-hybridized carbons (Fsp3) is 0.519. The molecule has 6 nitrogen and oxygen atoms in total. The number of ketones is 1. The van der Waals surface area contributed by atoms with Gasteiger partial charge in [-0.15, -0.1) is 11.3 Å². The monoisotopic (exact) mass is 484 g/mol. The van der Waals surface area contributed by atoms with Gasteiger partial charge in [0.25, 0.3) is 5.91 Å². The van der Waals surface area contributed by atoms with Crippen LogP contribution in [0.1, 0.15) is 102 Å². The highest BCUT2D eigenvalue weighted by molar-refractivity contribution is 7.14. The summed E-state index contributed by atoms with van der Waals surface area (Å²) in [4.78, 5) is 37.7. The van der Waals surface area contributed by atoms with E-state index in [-0.39, 0.29) is 30.7 Å². The quantitative estimate of drug-likeness (QED) is 0.310. The predicted molar refractivity (Wildman–Crippen MR) is 137 cm³/mol. The van der Waals surface area contributed by atoms with Gasteiger partial charge < -0.3 is 15.7 Å². The fourth-order valence-electron chi connectivity index (χ4n) is 4.67. The molecule has 2 aromatic rings. The van der Waals surface area contributed by atoms with Crippen LogP contribution in [0.2, 0.25) is 0 Å².